The third-order valence-corrected chi connectivity index (χ3v) is 4.27. The number of aromatic nitrogens is 2. The van der Waals surface area contributed by atoms with Gasteiger partial charge in [-0.1, -0.05) is 12.1 Å². The molecule has 0 saturated carbocycles. The van der Waals surface area contributed by atoms with Crippen molar-refractivity contribution in [1.82, 2.24) is 9.97 Å². The van der Waals surface area contributed by atoms with E-state index in [2.05, 4.69) is 15.3 Å². The van der Waals surface area contributed by atoms with Gasteiger partial charge < -0.3 is 10.1 Å². The number of amides is 1. The monoisotopic (exact) mass is 339 g/mol. The number of nitrogens with zero attached hydrogens (tertiary/aromatic N) is 2. The van der Waals surface area contributed by atoms with E-state index in [9.17, 15) is 4.79 Å². The second kappa shape index (κ2) is 7.70. The third kappa shape index (κ3) is 4.17. The van der Waals surface area contributed by atoms with Crippen LogP contribution in [0.1, 0.15) is 12.0 Å². The Labute approximate surface area is 144 Å². The van der Waals surface area contributed by atoms with Crippen molar-refractivity contribution >= 4 is 22.4 Å². The molecule has 6 heteroatoms. The Kier molecular flexibility index (Phi) is 5.18. The van der Waals surface area contributed by atoms with Gasteiger partial charge in [0, 0.05) is 29.8 Å². The lowest BCUT2D eigenvalue weighted by Crippen LogP contribution is -2.12. The zero-order valence-electron chi connectivity index (χ0n) is 13.2. The van der Waals surface area contributed by atoms with Crippen LogP contribution in [0.25, 0.3) is 11.3 Å². The highest BCUT2D eigenvalue weighted by Crippen LogP contribution is 2.24. The Bertz CT molecular complexity index is 801. The summed E-state index contributed by atoms with van der Waals surface area (Å²) < 4.78 is 5.12. The quantitative estimate of drug-likeness (QED) is 0.742. The number of anilines is 1. The van der Waals surface area contributed by atoms with E-state index in [1.165, 1.54) is 11.3 Å². The second-order valence-corrected chi connectivity index (χ2v) is 6.03. The van der Waals surface area contributed by atoms with E-state index in [-0.39, 0.29) is 5.91 Å². The van der Waals surface area contributed by atoms with Crippen molar-refractivity contribution in [2.24, 2.45) is 0 Å². The molecule has 2 aromatic heterocycles. The highest BCUT2D eigenvalue weighted by molar-refractivity contribution is 7.14. The summed E-state index contributed by atoms with van der Waals surface area (Å²) in [4.78, 5) is 20.6. The molecular formula is C18H17N3O2S. The molecule has 0 aliphatic rings. The molecule has 3 rings (SSSR count). The molecule has 5 nitrogen and oxygen atoms in total. The van der Waals surface area contributed by atoms with Crippen LogP contribution >= 0.6 is 11.3 Å². The number of benzene rings is 1. The Morgan fingerprint density at radius 1 is 1.25 bits per heavy atom. The number of nitrogens with one attached hydrogen (secondary N) is 1. The minimum Gasteiger partial charge on any atom is -0.497 e. The van der Waals surface area contributed by atoms with Gasteiger partial charge >= 0.3 is 0 Å². The fourth-order valence-corrected chi connectivity index (χ4v) is 2.95. The molecule has 0 atom stereocenters. The van der Waals surface area contributed by atoms with Gasteiger partial charge in [-0.15, -0.1) is 11.3 Å². The summed E-state index contributed by atoms with van der Waals surface area (Å²) in [5.74, 6) is 0.770. The van der Waals surface area contributed by atoms with Gasteiger partial charge in [0.05, 0.1) is 12.8 Å². The number of aryl methyl sites for hydroxylation is 1. The van der Waals surface area contributed by atoms with Crippen molar-refractivity contribution in [1.29, 1.82) is 0 Å². The summed E-state index contributed by atoms with van der Waals surface area (Å²) in [7, 11) is 1.64. The van der Waals surface area contributed by atoms with Gasteiger partial charge in [-0.05, 0) is 36.2 Å². The lowest BCUT2D eigenvalue weighted by molar-refractivity contribution is -0.116. The average molecular weight is 339 g/mol. The minimum absolute atomic E-state index is 0.0436. The molecule has 0 saturated heterocycles. The molecule has 0 radical (unpaired) electrons. The molecule has 1 N–H and O–H groups in total. The second-order valence-electron chi connectivity index (χ2n) is 5.18. The number of hydrogen-bond acceptors (Lipinski definition) is 5. The van der Waals surface area contributed by atoms with E-state index in [4.69, 9.17) is 4.74 Å². The molecule has 2 heterocycles. The lowest BCUT2D eigenvalue weighted by Gasteiger charge is -2.04. The SMILES string of the molecule is COc1ccc(CCC(=O)Nc2nc(-c3cccnc3)cs2)cc1. The standard InChI is InChI=1S/C18H17N3O2S/c1-23-15-7-4-13(5-8-15)6-9-17(22)21-18-20-16(12-24-18)14-3-2-10-19-11-14/h2-5,7-8,10-12H,6,9H2,1H3,(H,20,21,22). The van der Waals surface area contributed by atoms with E-state index >= 15 is 0 Å². The van der Waals surface area contributed by atoms with E-state index < -0.39 is 0 Å². The highest BCUT2D eigenvalue weighted by atomic mass is 32.1. The molecular weight excluding hydrogens is 322 g/mol. The van der Waals surface area contributed by atoms with Gasteiger partial charge in [0.25, 0.3) is 0 Å². The topological polar surface area (TPSA) is 64.1 Å². The minimum atomic E-state index is -0.0436. The van der Waals surface area contributed by atoms with Crippen molar-refractivity contribution in [2.75, 3.05) is 12.4 Å². The van der Waals surface area contributed by atoms with Crippen molar-refractivity contribution in [3.05, 3.63) is 59.7 Å². The van der Waals surface area contributed by atoms with Gasteiger partial charge in [-0.2, -0.15) is 0 Å². The Morgan fingerprint density at radius 2 is 2.08 bits per heavy atom. The predicted molar refractivity (Wildman–Crippen MR) is 95.3 cm³/mol. The van der Waals surface area contributed by atoms with Crippen molar-refractivity contribution in [3.63, 3.8) is 0 Å². The van der Waals surface area contributed by atoms with Crippen LogP contribution in [0.3, 0.4) is 0 Å². The highest BCUT2D eigenvalue weighted by Gasteiger charge is 2.08. The normalized spacial score (nSPS) is 10.4. The first kappa shape index (κ1) is 16.1. The molecule has 3 aromatic rings. The van der Waals surface area contributed by atoms with E-state index in [1.807, 2.05) is 41.8 Å². The molecule has 1 aromatic carbocycles. The number of methoxy groups -OCH3 is 1. The third-order valence-electron chi connectivity index (χ3n) is 3.51. The van der Waals surface area contributed by atoms with Crippen LogP contribution in [0.2, 0.25) is 0 Å². The molecule has 0 spiro atoms. The zero-order valence-corrected chi connectivity index (χ0v) is 14.0. The first-order valence-electron chi connectivity index (χ1n) is 7.53. The van der Waals surface area contributed by atoms with Gasteiger partial charge in [0.2, 0.25) is 5.91 Å². The van der Waals surface area contributed by atoms with E-state index in [0.717, 1.165) is 22.6 Å². The van der Waals surface area contributed by atoms with Gasteiger partial charge in [-0.25, -0.2) is 4.98 Å². The first-order valence-corrected chi connectivity index (χ1v) is 8.41. The maximum Gasteiger partial charge on any atom is 0.226 e. The molecule has 0 unspecified atom stereocenters. The zero-order chi connectivity index (χ0) is 16.8. The van der Waals surface area contributed by atoms with E-state index in [1.54, 1.807) is 19.5 Å². The maximum atomic E-state index is 12.1. The van der Waals surface area contributed by atoms with Crippen LogP contribution in [-0.2, 0) is 11.2 Å². The van der Waals surface area contributed by atoms with Crippen LogP contribution in [0.15, 0.2) is 54.2 Å². The lowest BCUT2D eigenvalue weighted by atomic mass is 10.1. The number of ether oxygens (including phenoxy) is 1. The Balaban J connectivity index is 1.54. The Morgan fingerprint density at radius 3 is 2.79 bits per heavy atom. The van der Waals surface area contributed by atoms with E-state index in [0.29, 0.717) is 18.0 Å². The summed E-state index contributed by atoms with van der Waals surface area (Å²) >= 11 is 1.41. The molecule has 0 aliphatic heterocycles. The number of carbonyl (C=O) groups is 1. The van der Waals surface area contributed by atoms with Gasteiger partial charge in [0.1, 0.15) is 5.75 Å². The molecule has 0 fully saturated rings. The fourth-order valence-electron chi connectivity index (χ4n) is 2.21. The molecule has 0 aliphatic carbocycles. The number of thiazole rings is 1. The fraction of sp³-hybridized carbons (Fsp3) is 0.167. The first-order chi connectivity index (χ1) is 11.7. The van der Waals surface area contributed by atoms with Crippen LogP contribution in [-0.4, -0.2) is 23.0 Å². The summed E-state index contributed by atoms with van der Waals surface area (Å²) in [6, 6.07) is 11.5. The number of rotatable bonds is 6. The molecule has 0 bridgehead atoms. The number of pyridine rings is 1. The van der Waals surface area contributed by atoms with Crippen molar-refractivity contribution < 1.29 is 9.53 Å². The Hall–Kier alpha value is -2.73. The number of carbonyl (C=O) groups excluding carboxylic acids is 1. The van der Waals surface area contributed by atoms with Crippen LogP contribution in [0.5, 0.6) is 5.75 Å². The van der Waals surface area contributed by atoms with Crippen molar-refractivity contribution in [2.45, 2.75) is 12.8 Å². The average Bonchev–Trinajstić information content (AvgIpc) is 3.09. The molecule has 24 heavy (non-hydrogen) atoms. The van der Waals surface area contributed by atoms with Gasteiger partial charge in [-0.3, -0.25) is 9.78 Å². The molecule has 122 valence electrons. The summed E-state index contributed by atoms with van der Waals surface area (Å²) in [6.07, 6.45) is 4.56. The maximum absolute atomic E-state index is 12.1. The van der Waals surface area contributed by atoms with Crippen LogP contribution in [0, 0.1) is 0 Å². The summed E-state index contributed by atoms with van der Waals surface area (Å²) in [5, 5.41) is 5.37. The molecule has 1 amide bonds. The summed E-state index contributed by atoms with van der Waals surface area (Å²) in [5.41, 5.74) is 2.85. The van der Waals surface area contributed by atoms with Crippen LogP contribution in [0.4, 0.5) is 5.13 Å². The largest absolute Gasteiger partial charge is 0.497 e. The predicted octanol–water partition coefficient (Wildman–Crippen LogP) is 3.79. The van der Waals surface area contributed by atoms with Crippen molar-refractivity contribution in [3.8, 4) is 17.0 Å². The smallest absolute Gasteiger partial charge is 0.226 e. The summed E-state index contributed by atoms with van der Waals surface area (Å²) in [6.45, 7) is 0. The number of hydrogen-bond donors (Lipinski definition) is 1. The van der Waals surface area contributed by atoms with Gasteiger partial charge in [0.15, 0.2) is 5.13 Å². The van der Waals surface area contributed by atoms with Crippen LogP contribution < -0.4 is 10.1 Å².